The number of anilines is 1. The fraction of sp³-hybridized carbons (Fsp3) is 0.133. The first-order chi connectivity index (χ1) is 9.94. The SMILES string of the molecule is CC(C#N)(Nc1ccc(F)cc1)c1ccc([N+](=O)[O-])cc1. The quantitative estimate of drug-likeness (QED) is 0.687. The van der Waals surface area contributed by atoms with E-state index in [4.69, 9.17) is 0 Å². The van der Waals surface area contributed by atoms with Gasteiger partial charge in [-0.05, 0) is 48.9 Å². The lowest BCUT2D eigenvalue weighted by molar-refractivity contribution is -0.384. The highest BCUT2D eigenvalue weighted by Gasteiger charge is 2.26. The van der Waals surface area contributed by atoms with E-state index in [1.165, 1.54) is 48.5 Å². The molecule has 21 heavy (non-hydrogen) atoms. The van der Waals surface area contributed by atoms with E-state index in [2.05, 4.69) is 11.4 Å². The Labute approximate surface area is 120 Å². The van der Waals surface area contributed by atoms with E-state index < -0.39 is 10.5 Å². The zero-order chi connectivity index (χ0) is 15.5. The zero-order valence-corrected chi connectivity index (χ0v) is 11.2. The molecule has 5 nitrogen and oxygen atoms in total. The number of non-ortho nitro benzene ring substituents is 1. The van der Waals surface area contributed by atoms with Crippen molar-refractivity contribution in [3.05, 3.63) is 70.0 Å². The molecule has 0 amide bonds. The van der Waals surface area contributed by atoms with Gasteiger partial charge < -0.3 is 5.32 Å². The van der Waals surface area contributed by atoms with E-state index >= 15 is 0 Å². The summed E-state index contributed by atoms with van der Waals surface area (Å²) in [6, 6.07) is 13.5. The van der Waals surface area contributed by atoms with Crippen molar-refractivity contribution in [2.45, 2.75) is 12.5 Å². The van der Waals surface area contributed by atoms with Crippen LogP contribution in [0.5, 0.6) is 0 Å². The Morgan fingerprint density at radius 1 is 1.19 bits per heavy atom. The molecule has 0 saturated heterocycles. The summed E-state index contributed by atoms with van der Waals surface area (Å²) in [4.78, 5) is 10.1. The number of hydrogen-bond acceptors (Lipinski definition) is 4. The average molecular weight is 285 g/mol. The third-order valence-corrected chi connectivity index (χ3v) is 3.12. The molecule has 1 atom stereocenters. The van der Waals surface area contributed by atoms with Crippen molar-refractivity contribution in [3.8, 4) is 6.07 Å². The second-order valence-electron chi connectivity index (χ2n) is 4.67. The molecule has 2 rings (SSSR count). The average Bonchev–Trinajstić information content (AvgIpc) is 2.49. The summed E-state index contributed by atoms with van der Waals surface area (Å²) in [5.41, 5.74) is 0.0482. The molecule has 0 aromatic heterocycles. The van der Waals surface area contributed by atoms with Crippen molar-refractivity contribution < 1.29 is 9.31 Å². The molecule has 0 aliphatic carbocycles. The van der Waals surface area contributed by atoms with Gasteiger partial charge in [0.25, 0.3) is 5.69 Å². The molecule has 0 aliphatic rings. The minimum atomic E-state index is -1.08. The van der Waals surface area contributed by atoms with Crippen LogP contribution in [-0.4, -0.2) is 4.92 Å². The van der Waals surface area contributed by atoms with Crippen LogP contribution >= 0.6 is 0 Å². The van der Waals surface area contributed by atoms with Crippen molar-refractivity contribution in [1.82, 2.24) is 0 Å². The lowest BCUT2D eigenvalue weighted by Crippen LogP contribution is -2.29. The van der Waals surface area contributed by atoms with Crippen molar-refractivity contribution in [2.24, 2.45) is 0 Å². The number of rotatable bonds is 4. The first-order valence-electron chi connectivity index (χ1n) is 6.14. The number of nitriles is 1. The van der Waals surface area contributed by atoms with Crippen LogP contribution in [0.25, 0.3) is 0 Å². The number of nitro groups is 1. The van der Waals surface area contributed by atoms with Gasteiger partial charge in [-0.1, -0.05) is 0 Å². The number of nitrogens with zero attached hydrogens (tertiary/aromatic N) is 2. The Bertz CT molecular complexity index is 692. The first kappa shape index (κ1) is 14.5. The van der Waals surface area contributed by atoms with E-state index in [1.54, 1.807) is 6.92 Å². The minimum Gasteiger partial charge on any atom is -0.364 e. The lowest BCUT2D eigenvalue weighted by Gasteiger charge is -2.25. The van der Waals surface area contributed by atoms with Crippen LogP contribution in [0.15, 0.2) is 48.5 Å². The standard InChI is InChI=1S/C15H12FN3O2/c1-15(10-17,18-13-6-4-12(16)5-7-13)11-2-8-14(9-3-11)19(20)21/h2-9,18H,1H3. The maximum Gasteiger partial charge on any atom is 0.269 e. The van der Waals surface area contributed by atoms with Gasteiger partial charge in [0.1, 0.15) is 11.4 Å². The van der Waals surface area contributed by atoms with Crippen molar-refractivity contribution in [3.63, 3.8) is 0 Å². The van der Waals surface area contributed by atoms with Crippen LogP contribution in [0.1, 0.15) is 12.5 Å². The van der Waals surface area contributed by atoms with Crippen LogP contribution in [0.3, 0.4) is 0 Å². The summed E-state index contributed by atoms with van der Waals surface area (Å²) in [5, 5.41) is 23.1. The molecule has 0 saturated carbocycles. The number of halogens is 1. The highest BCUT2D eigenvalue weighted by atomic mass is 19.1. The monoisotopic (exact) mass is 285 g/mol. The van der Waals surface area contributed by atoms with Gasteiger partial charge in [-0.2, -0.15) is 5.26 Å². The fourth-order valence-electron chi connectivity index (χ4n) is 1.90. The van der Waals surface area contributed by atoms with Crippen molar-refractivity contribution >= 4 is 11.4 Å². The molecule has 0 bridgehead atoms. The Balaban J connectivity index is 2.30. The van der Waals surface area contributed by atoms with Crippen molar-refractivity contribution in [1.29, 1.82) is 5.26 Å². The molecule has 0 spiro atoms. The minimum absolute atomic E-state index is 0.0409. The lowest BCUT2D eigenvalue weighted by atomic mass is 9.93. The molecule has 106 valence electrons. The summed E-state index contributed by atoms with van der Waals surface area (Å²) >= 11 is 0. The largest absolute Gasteiger partial charge is 0.364 e. The van der Waals surface area contributed by atoms with Crippen LogP contribution in [0.2, 0.25) is 0 Å². The normalized spacial score (nSPS) is 13.0. The zero-order valence-electron chi connectivity index (χ0n) is 11.2. The topological polar surface area (TPSA) is 79.0 Å². The van der Waals surface area contributed by atoms with Gasteiger partial charge in [-0.3, -0.25) is 10.1 Å². The number of nitrogens with one attached hydrogen (secondary N) is 1. The van der Waals surface area contributed by atoms with Gasteiger partial charge in [-0.25, -0.2) is 4.39 Å². The maximum atomic E-state index is 12.9. The summed E-state index contributed by atoms with van der Waals surface area (Å²) in [6.07, 6.45) is 0. The van der Waals surface area contributed by atoms with Gasteiger partial charge in [-0.15, -0.1) is 0 Å². The molecule has 0 heterocycles. The summed E-state index contributed by atoms with van der Waals surface area (Å²) < 4.78 is 12.9. The number of hydrogen-bond donors (Lipinski definition) is 1. The molecule has 6 heteroatoms. The van der Waals surface area contributed by atoms with E-state index in [-0.39, 0.29) is 11.5 Å². The fourth-order valence-corrected chi connectivity index (χ4v) is 1.90. The number of nitro benzene ring substituents is 1. The molecule has 1 N–H and O–H groups in total. The Kier molecular flexibility index (Phi) is 3.85. The van der Waals surface area contributed by atoms with Gasteiger partial charge in [0.05, 0.1) is 11.0 Å². The summed E-state index contributed by atoms with van der Waals surface area (Å²) in [5.74, 6) is -0.366. The van der Waals surface area contributed by atoms with Crippen molar-refractivity contribution in [2.75, 3.05) is 5.32 Å². The van der Waals surface area contributed by atoms with E-state index in [9.17, 15) is 19.8 Å². The number of benzene rings is 2. The van der Waals surface area contributed by atoms with Gasteiger partial charge >= 0.3 is 0 Å². The van der Waals surface area contributed by atoms with Gasteiger partial charge in [0, 0.05) is 17.8 Å². The van der Waals surface area contributed by atoms with E-state index in [1.807, 2.05) is 0 Å². The van der Waals surface area contributed by atoms with Gasteiger partial charge in [0.2, 0.25) is 0 Å². The van der Waals surface area contributed by atoms with Gasteiger partial charge in [0.15, 0.2) is 0 Å². The second kappa shape index (κ2) is 5.59. The highest BCUT2D eigenvalue weighted by molar-refractivity contribution is 5.51. The Morgan fingerprint density at radius 3 is 2.24 bits per heavy atom. The molecule has 1 unspecified atom stereocenters. The predicted octanol–water partition coefficient (Wildman–Crippen LogP) is 3.58. The molecule has 2 aromatic carbocycles. The molecule has 2 aromatic rings. The Morgan fingerprint density at radius 2 is 1.76 bits per heavy atom. The Hall–Kier alpha value is -2.94. The highest BCUT2D eigenvalue weighted by Crippen LogP contribution is 2.27. The first-order valence-corrected chi connectivity index (χ1v) is 6.14. The summed E-state index contributed by atoms with van der Waals surface area (Å²) in [6.45, 7) is 1.65. The second-order valence-corrected chi connectivity index (χ2v) is 4.67. The van der Waals surface area contributed by atoms with Crippen LogP contribution in [-0.2, 0) is 5.54 Å². The van der Waals surface area contributed by atoms with Crippen LogP contribution < -0.4 is 5.32 Å². The predicted molar refractivity (Wildman–Crippen MR) is 76.1 cm³/mol. The molecule has 0 aliphatic heterocycles. The van der Waals surface area contributed by atoms with Crippen LogP contribution in [0.4, 0.5) is 15.8 Å². The van der Waals surface area contributed by atoms with E-state index in [0.29, 0.717) is 11.3 Å². The van der Waals surface area contributed by atoms with E-state index in [0.717, 1.165) is 0 Å². The molecular weight excluding hydrogens is 273 g/mol. The third kappa shape index (κ3) is 3.15. The molecular formula is C15H12FN3O2. The maximum absolute atomic E-state index is 12.9. The van der Waals surface area contributed by atoms with Crippen LogP contribution in [0, 0.1) is 27.3 Å². The molecule has 0 radical (unpaired) electrons. The summed E-state index contributed by atoms with van der Waals surface area (Å²) in [7, 11) is 0. The smallest absolute Gasteiger partial charge is 0.269 e. The third-order valence-electron chi connectivity index (χ3n) is 3.12. The molecule has 0 fully saturated rings.